The lowest BCUT2D eigenvalue weighted by Gasteiger charge is -2.30. The third kappa shape index (κ3) is 4.95. The van der Waals surface area contributed by atoms with Crippen molar-refractivity contribution >= 4 is 17.9 Å². The third-order valence-corrected chi connectivity index (χ3v) is 2.88. The number of carboxylic acids is 3. The molecule has 19 heavy (non-hydrogen) atoms. The van der Waals surface area contributed by atoms with Crippen LogP contribution in [0.1, 0.15) is 26.7 Å². The predicted octanol–water partition coefficient (Wildman–Crippen LogP) is 1.78. The summed E-state index contributed by atoms with van der Waals surface area (Å²) in [5, 5.41) is 25.6. The molecular formula is C13H18O6. The summed E-state index contributed by atoms with van der Waals surface area (Å²) in [5.41, 5.74) is -1.25. The van der Waals surface area contributed by atoms with Gasteiger partial charge in [-0.05, 0) is 26.7 Å². The van der Waals surface area contributed by atoms with E-state index in [9.17, 15) is 14.4 Å². The molecule has 0 saturated heterocycles. The molecule has 0 aromatic heterocycles. The highest BCUT2D eigenvalue weighted by Gasteiger charge is 2.44. The van der Waals surface area contributed by atoms with Crippen LogP contribution >= 0.6 is 0 Å². The second kappa shape index (κ2) is 7.35. The summed E-state index contributed by atoms with van der Waals surface area (Å²) < 4.78 is 0. The van der Waals surface area contributed by atoms with Crippen molar-refractivity contribution in [3.05, 3.63) is 24.3 Å². The van der Waals surface area contributed by atoms with Gasteiger partial charge in [0.05, 0.1) is 11.3 Å². The number of hydrogen-bond acceptors (Lipinski definition) is 3. The molecule has 0 spiro atoms. The molecule has 1 aliphatic rings. The molecule has 2 atom stereocenters. The molecule has 0 aromatic rings. The van der Waals surface area contributed by atoms with Gasteiger partial charge >= 0.3 is 17.9 Å². The van der Waals surface area contributed by atoms with Crippen LogP contribution in [0.15, 0.2) is 24.3 Å². The molecule has 0 aromatic carbocycles. The normalized spacial score (nSPS) is 25.5. The Kier molecular flexibility index (Phi) is 6.54. The lowest BCUT2D eigenvalue weighted by molar-refractivity contribution is -0.158. The van der Waals surface area contributed by atoms with Crippen molar-refractivity contribution in [1.82, 2.24) is 0 Å². The lowest BCUT2D eigenvalue weighted by atomic mass is 9.71. The first-order valence-corrected chi connectivity index (χ1v) is 5.75. The van der Waals surface area contributed by atoms with Crippen molar-refractivity contribution in [3.8, 4) is 0 Å². The van der Waals surface area contributed by atoms with Crippen LogP contribution in [0.3, 0.4) is 0 Å². The van der Waals surface area contributed by atoms with Crippen LogP contribution < -0.4 is 0 Å². The molecule has 2 unspecified atom stereocenters. The first-order valence-electron chi connectivity index (χ1n) is 5.75. The van der Waals surface area contributed by atoms with E-state index < -0.39 is 29.2 Å². The van der Waals surface area contributed by atoms with Crippen molar-refractivity contribution in [3.63, 3.8) is 0 Å². The number of allylic oxidation sites excluding steroid dienone is 2. The van der Waals surface area contributed by atoms with Crippen molar-refractivity contribution in [2.45, 2.75) is 26.7 Å². The summed E-state index contributed by atoms with van der Waals surface area (Å²) in [4.78, 5) is 31.2. The SMILES string of the molecule is CC1(C(=O)O)C=CCCC1C(=O)O.CC=CC(=O)O. The van der Waals surface area contributed by atoms with E-state index in [1.807, 2.05) is 0 Å². The predicted molar refractivity (Wildman–Crippen MR) is 67.7 cm³/mol. The molecule has 0 amide bonds. The van der Waals surface area contributed by atoms with Gasteiger partial charge in [0.2, 0.25) is 0 Å². The maximum Gasteiger partial charge on any atom is 0.327 e. The summed E-state index contributed by atoms with van der Waals surface area (Å²) >= 11 is 0. The van der Waals surface area contributed by atoms with E-state index in [1.165, 1.54) is 19.1 Å². The summed E-state index contributed by atoms with van der Waals surface area (Å²) in [7, 11) is 0. The first kappa shape index (κ1) is 16.9. The van der Waals surface area contributed by atoms with Crippen molar-refractivity contribution in [2.75, 3.05) is 0 Å². The Bertz CT molecular complexity index is 409. The Morgan fingerprint density at radius 1 is 1.26 bits per heavy atom. The Balaban J connectivity index is 0.000000459. The molecule has 6 heteroatoms. The van der Waals surface area contributed by atoms with E-state index in [0.717, 1.165) is 6.08 Å². The van der Waals surface area contributed by atoms with E-state index >= 15 is 0 Å². The minimum atomic E-state index is -1.25. The van der Waals surface area contributed by atoms with E-state index in [2.05, 4.69) is 0 Å². The number of rotatable bonds is 3. The number of hydrogen-bond donors (Lipinski definition) is 3. The van der Waals surface area contributed by atoms with Gasteiger partial charge in [-0.2, -0.15) is 0 Å². The molecule has 1 rings (SSSR count). The Morgan fingerprint density at radius 3 is 2.11 bits per heavy atom. The topological polar surface area (TPSA) is 112 Å². The van der Waals surface area contributed by atoms with Crippen LogP contribution in [0.25, 0.3) is 0 Å². The van der Waals surface area contributed by atoms with E-state index in [-0.39, 0.29) is 0 Å². The van der Waals surface area contributed by atoms with Gasteiger partial charge in [0.25, 0.3) is 0 Å². The molecule has 0 heterocycles. The average Bonchev–Trinajstić information content (AvgIpc) is 2.29. The number of aliphatic carboxylic acids is 3. The molecule has 0 aliphatic heterocycles. The minimum Gasteiger partial charge on any atom is -0.481 e. The molecule has 6 nitrogen and oxygen atoms in total. The summed E-state index contributed by atoms with van der Waals surface area (Å²) in [5.74, 6) is -3.81. The zero-order chi connectivity index (χ0) is 15.1. The molecular weight excluding hydrogens is 252 g/mol. The molecule has 0 radical (unpaired) electrons. The smallest absolute Gasteiger partial charge is 0.327 e. The maximum absolute atomic E-state index is 10.9. The van der Waals surface area contributed by atoms with Crippen LogP contribution in [0.5, 0.6) is 0 Å². The van der Waals surface area contributed by atoms with Crippen LogP contribution in [0.2, 0.25) is 0 Å². The van der Waals surface area contributed by atoms with Gasteiger partial charge in [-0.15, -0.1) is 0 Å². The van der Waals surface area contributed by atoms with E-state index in [0.29, 0.717) is 12.8 Å². The first-order chi connectivity index (χ1) is 8.75. The third-order valence-electron chi connectivity index (χ3n) is 2.88. The highest BCUT2D eigenvalue weighted by molar-refractivity contribution is 5.85. The van der Waals surface area contributed by atoms with Crippen LogP contribution in [-0.2, 0) is 14.4 Å². The van der Waals surface area contributed by atoms with Gasteiger partial charge < -0.3 is 15.3 Å². The molecule has 0 saturated carbocycles. The van der Waals surface area contributed by atoms with Crippen LogP contribution in [0, 0.1) is 11.3 Å². The second-order valence-electron chi connectivity index (χ2n) is 4.30. The highest BCUT2D eigenvalue weighted by Crippen LogP contribution is 2.36. The molecule has 106 valence electrons. The van der Waals surface area contributed by atoms with Gasteiger partial charge in [-0.25, -0.2) is 4.79 Å². The van der Waals surface area contributed by atoms with Gasteiger partial charge in [0.15, 0.2) is 0 Å². The monoisotopic (exact) mass is 270 g/mol. The summed E-state index contributed by atoms with van der Waals surface area (Å²) in [6.45, 7) is 3.11. The largest absolute Gasteiger partial charge is 0.481 e. The lowest BCUT2D eigenvalue weighted by Crippen LogP contribution is -2.40. The fraction of sp³-hybridized carbons (Fsp3) is 0.462. The average molecular weight is 270 g/mol. The molecule has 0 bridgehead atoms. The molecule has 1 aliphatic carbocycles. The number of carboxylic acid groups (broad SMARTS) is 3. The van der Waals surface area contributed by atoms with Gasteiger partial charge in [0, 0.05) is 6.08 Å². The van der Waals surface area contributed by atoms with Gasteiger partial charge in [-0.3, -0.25) is 9.59 Å². The Morgan fingerprint density at radius 2 is 1.84 bits per heavy atom. The van der Waals surface area contributed by atoms with Crippen molar-refractivity contribution in [2.24, 2.45) is 11.3 Å². The van der Waals surface area contributed by atoms with Crippen LogP contribution in [0.4, 0.5) is 0 Å². The van der Waals surface area contributed by atoms with Crippen LogP contribution in [-0.4, -0.2) is 33.2 Å². The maximum atomic E-state index is 10.9. The quantitative estimate of drug-likeness (QED) is 0.532. The second-order valence-corrected chi connectivity index (χ2v) is 4.30. The zero-order valence-corrected chi connectivity index (χ0v) is 10.9. The summed E-state index contributed by atoms with van der Waals surface area (Å²) in [6.07, 6.45) is 6.81. The fourth-order valence-electron chi connectivity index (χ4n) is 1.75. The Labute approximate surface area is 111 Å². The standard InChI is InChI=1S/C9H12O4.C4H6O2/c1-9(8(12)13)5-3-2-4-6(9)7(10)11;1-2-3-4(5)6/h3,5-6H,2,4H2,1H3,(H,10,11)(H,12,13);2-3H,1H3,(H,5,6). The molecule has 3 N–H and O–H groups in total. The van der Waals surface area contributed by atoms with Gasteiger partial charge in [-0.1, -0.05) is 18.2 Å². The zero-order valence-electron chi connectivity index (χ0n) is 10.9. The highest BCUT2D eigenvalue weighted by atomic mass is 16.4. The summed E-state index contributed by atoms with van der Waals surface area (Å²) in [6, 6.07) is 0. The number of carbonyl (C=O) groups is 3. The fourth-order valence-corrected chi connectivity index (χ4v) is 1.75. The Hall–Kier alpha value is -2.11. The van der Waals surface area contributed by atoms with Crippen molar-refractivity contribution in [1.29, 1.82) is 0 Å². The van der Waals surface area contributed by atoms with Gasteiger partial charge in [0.1, 0.15) is 0 Å². The molecule has 0 fully saturated rings. The van der Waals surface area contributed by atoms with E-state index in [4.69, 9.17) is 15.3 Å². The van der Waals surface area contributed by atoms with E-state index in [1.54, 1.807) is 13.0 Å². The minimum absolute atomic E-state index is 0.397. The van der Waals surface area contributed by atoms with Crippen molar-refractivity contribution < 1.29 is 29.7 Å².